The van der Waals surface area contributed by atoms with Crippen molar-refractivity contribution in [3.63, 3.8) is 0 Å². The average molecular weight is 640 g/mol. The van der Waals surface area contributed by atoms with E-state index in [1.807, 2.05) is 19.1 Å². The van der Waals surface area contributed by atoms with E-state index in [0.717, 1.165) is 11.1 Å². The molecule has 1 saturated heterocycles. The molecule has 1 amide bonds. The highest BCUT2D eigenvalue weighted by atomic mass is 32.2. The first-order chi connectivity index (χ1) is 21.4. The van der Waals surface area contributed by atoms with Crippen LogP contribution in [0.5, 0.6) is 5.88 Å². The summed E-state index contributed by atoms with van der Waals surface area (Å²) in [6.45, 7) is 4.77. The molecule has 14 heteroatoms. The Hall–Kier alpha value is -4.98. The molecular weight excluding hydrogens is 611 g/mol. The summed E-state index contributed by atoms with van der Waals surface area (Å²) in [7, 11) is -3.61. The second-order valence-electron chi connectivity index (χ2n) is 10.4. The first-order valence-electron chi connectivity index (χ1n) is 13.7. The van der Waals surface area contributed by atoms with Crippen molar-refractivity contribution < 1.29 is 35.9 Å². The predicted octanol–water partition coefficient (Wildman–Crippen LogP) is 4.71. The zero-order valence-corrected chi connectivity index (χ0v) is 25.2. The highest BCUT2D eigenvalue weighted by Gasteiger charge is 2.28. The largest absolute Gasteiger partial charge is 0.480 e. The number of ether oxygens (including phenoxy) is 1. The predicted molar refractivity (Wildman–Crippen MR) is 162 cm³/mol. The van der Waals surface area contributed by atoms with E-state index in [0.29, 0.717) is 36.3 Å². The lowest BCUT2D eigenvalue weighted by atomic mass is 10.0. The van der Waals surface area contributed by atoms with Gasteiger partial charge in [0.25, 0.3) is 10.0 Å². The summed E-state index contributed by atoms with van der Waals surface area (Å²) in [5, 5.41) is 0.784. The number of rotatable bonds is 8. The van der Waals surface area contributed by atoms with Crippen LogP contribution in [-0.4, -0.2) is 67.8 Å². The van der Waals surface area contributed by atoms with Gasteiger partial charge in [-0.3, -0.25) is 19.3 Å². The number of amides is 1. The lowest BCUT2D eigenvalue weighted by molar-refractivity contribution is -0.127. The number of ketones is 1. The van der Waals surface area contributed by atoms with Gasteiger partial charge in [0.15, 0.2) is 10.7 Å². The molecule has 1 N–H and O–H groups in total. The first kappa shape index (κ1) is 31.4. The third-order valence-electron chi connectivity index (χ3n) is 7.28. The zero-order chi connectivity index (χ0) is 32.5. The lowest BCUT2D eigenvalue weighted by Gasteiger charge is -2.41. The normalized spacial score (nSPS) is 15.5. The highest BCUT2D eigenvalue weighted by molar-refractivity contribution is 7.92. The fourth-order valence-electron chi connectivity index (χ4n) is 5.20. The molecule has 234 valence electrons. The van der Waals surface area contributed by atoms with Crippen LogP contribution in [-0.2, 0) is 19.6 Å². The molecule has 1 atom stereocenters. The third-order valence-corrected chi connectivity index (χ3v) is 8.70. The van der Waals surface area contributed by atoms with Crippen molar-refractivity contribution in [2.75, 3.05) is 36.4 Å². The molecule has 1 aliphatic rings. The third kappa shape index (κ3) is 6.60. The van der Waals surface area contributed by atoms with Gasteiger partial charge >= 0.3 is 0 Å². The number of piperazine rings is 1. The molecule has 0 aliphatic carbocycles. The van der Waals surface area contributed by atoms with Gasteiger partial charge in [-0.05, 0) is 49.8 Å². The summed E-state index contributed by atoms with van der Waals surface area (Å²) in [5.74, 6) is -5.05. The van der Waals surface area contributed by atoms with Crippen molar-refractivity contribution in [2.45, 2.75) is 24.8 Å². The topological polar surface area (TPSA) is 122 Å². The molecule has 0 radical (unpaired) electrons. The first-order valence-corrected chi connectivity index (χ1v) is 15.2. The zero-order valence-electron chi connectivity index (χ0n) is 24.4. The molecule has 3 heterocycles. The molecule has 1 unspecified atom stereocenters. The fourth-order valence-corrected chi connectivity index (χ4v) is 6.37. The van der Waals surface area contributed by atoms with Gasteiger partial charge in [-0.2, -0.15) is 0 Å². The number of nitrogens with one attached hydrogen (secondary N) is 1. The van der Waals surface area contributed by atoms with E-state index >= 15 is 0 Å². The Morgan fingerprint density at radius 2 is 1.73 bits per heavy atom. The van der Waals surface area contributed by atoms with Crippen LogP contribution in [0.25, 0.3) is 22.0 Å². The van der Waals surface area contributed by atoms with E-state index in [-0.39, 0.29) is 41.4 Å². The maximum Gasteiger partial charge on any atom is 0.267 e. The Morgan fingerprint density at radius 1 is 1.00 bits per heavy atom. The number of pyridine rings is 2. The summed E-state index contributed by atoms with van der Waals surface area (Å²) < 4.78 is 75.3. The van der Waals surface area contributed by atoms with Gasteiger partial charge in [0.2, 0.25) is 11.8 Å². The number of aromatic nitrogens is 2. The second kappa shape index (κ2) is 12.6. The van der Waals surface area contributed by atoms with Crippen LogP contribution in [0.15, 0.2) is 71.9 Å². The SMILES string of the molecule is COc1ncc(-c2ccc3nccc(N4CCN(C(=O)C=CC(C)=O)CC4C)c3c2)cc1NS(=O)(=O)c1c(F)cc(F)cc1F. The van der Waals surface area contributed by atoms with E-state index in [4.69, 9.17) is 4.74 Å². The van der Waals surface area contributed by atoms with Crippen molar-refractivity contribution in [1.82, 2.24) is 14.9 Å². The Balaban J connectivity index is 1.47. The monoisotopic (exact) mass is 639 g/mol. The summed E-state index contributed by atoms with van der Waals surface area (Å²) in [6.07, 6.45) is 5.67. The standard InChI is InChI=1S/C31H28F3N5O5S/c1-18-17-38(29(41)7-4-19(2)40)10-11-39(18)28-8-9-35-26-6-5-20(12-23(26)28)21-13-27(31(44-3)36-16-21)37-45(42,43)30-24(33)14-22(32)15-25(30)34/h4-9,12-16,18,37H,10-11,17H2,1-3H3. The Morgan fingerprint density at radius 3 is 2.40 bits per heavy atom. The number of nitrogens with zero attached hydrogens (tertiary/aromatic N) is 4. The average Bonchev–Trinajstić information content (AvgIpc) is 2.98. The van der Waals surface area contributed by atoms with Crippen LogP contribution in [0.3, 0.4) is 0 Å². The number of hydrogen-bond donors (Lipinski definition) is 1. The molecule has 0 bridgehead atoms. The van der Waals surface area contributed by atoms with Gasteiger partial charge in [-0.15, -0.1) is 0 Å². The fraction of sp³-hybridized carbons (Fsp3) is 0.226. The number of benzene rings is 2. The minimum atomic E-state index is -4.86. The molecule has 2 aromatic carbocycles. The quantitative estimate of drug-likeness (QED) is 0.276. The molecule has 0 saturated carbocycles. The Labute approximate surface area is 257 Å². The van der Waals surface area contributed by atoms with Crippen molar-refractivity contribution in [3.05, 3.63) is 84.5 Å². The molecule has 5 rings (SSSR count). The number of carbonyl (C=O) groups excluding carboxylic acids is 2. The molecule has 1 fully saturated rings. The summed E-state index contributed by atoms with van der Waals surface area (Å²) in [4.78, 5) is 34.9. The van der Waals surface area contributed by atoms with Crippen LogP contribution in [0.4, 0.5) is 24.5 Å². The number of methoxy groups -OCH3 is 1. The summed E-state index contributed by atoms with van der Waals surface area (Å²) in [6, 6.07) is 9.17. The van der Waals surface area contributed by atoms with Crippen molar-refractivity contribution in [1.29, 1.82) is 0 Å². The van der Waals surface area contributed by atoms with E-state index in [1.165, 1.54) is 38.4 Å². The second-order valence-corrected chi connectivity index (χ2v) is 12.0. The number of fused-ring (bicyclic) bond motifs is 1. The van der Waals surface area contributed by atoms with Gasteiger partial charge in [0.05, 0.1) is 12.6 Å². The number of carbonyl (C=O) groups is 2. The molecular formula is C31H28F3N5O5S. The van der Waals surface area contributed by atoms with Gasteiger partial charge in [0.1, 0.15) is 23.1 Å². The van der Waals surface area contributed by atoms with E-state index in [1.54, 1.807) is 23.2 Å². The van der Waals surface area contributed by atoms with Crippen molar-refractivity contribution in [2.24, 2.45) is 0 Å². The van der Waals surface area contributed by atoms with E-state index in [9.17, 15) is 31.2 Å². The van der Waals surface area contributed by atoms with E-state index in [2.05, 4.69) is 19.6 Å². The Bertz CT molecular complexity index is 1930. The van der Waals surface area contributed by atoms with Gasteiger partial charge in [-0.1, -0.05) is 6.07 Å². The number of sulfonamides is 1. The summed E-state index contributed by atoms with van der Waals surface area (Å²) >= 11 is 0. The van der Waals surface area contributed by atoms with Crippen LogP contribution >= 0.6 is 0 Å². The highest BCUT2D eigenvalue weighted by Crippen LogP contribution is 2.35. The van der Waals surface area contributed by atoms with Crippen LogP contribution in [0, 0.1) is 17.5 Å². The minimum absolute atomic E-state index is 0.0707. The van der Waals surface area contributed by atoms with Crippen molar-refractivity contribution in [3.8, 4) is 17.0 Å². The van der Waals surface area contributed by atoms with Gasteiger partial charge in [-0.25, -0.2) is 26.6 Å². The Kier molecular flexibility index (Phi) is 8.77. The number of allylic oxidation sites excluding steroid dienone is 1. The molecule has 4 aromatic rings. The number of hydrogen-bond acceptors (Lipinski definition) is 8. The van der Waals surface area contributed by atoms with Gasteiger partial charge in [0, 0.05) is 72.9 Å². The molecule has 2 aromatic heterocycles. The molecule has 0 spiro atoms. The van der Waals surface area contributed by atoms with Gasteiger partial charge < -0.3 is 14.5 Å². The summed E-state index contributed by atoms with van der Waals surface area (Å²) in [5.41, 5.74) is 2.44. The smallest absolute Gasteiger partial charge is 0.267 e. The minimum Gasteiger partial charge on any atom is -0.480 e. The molecule has 45 heavy (non-hydrogen) atoms. The number of halogens is 3. The maximum absolute atomic E-state index is 14.3. The lowest BCUT2D eigenvalue weighted by Crippen LogP contribution is -2.53. The van der Waals surface area contributed by atoms with Crippen LogP contribution in [0.1, 0.15) is 13.8 Å². The molecule has 10 nitrogen and oxygen atoms in total. The maximum atomic E-state index is 14.3. The van der Waals surface area contributed by atoms with Crippen LogP contribution in [0.2, 0.25) is 0 Å². The van der Waals surface area contributed by atoms with Crippen molar-refractivity contribution >= 4 is 44.0 Å². The molecule has 1 aliphatic heterocycles. The number of anilines is 2. The van der Waals surface area contributed by atoms with Crippen LogP contribution < -0.4 is 14.4 Å². The van der Waals surface area contributed by atoms with E-state index < -0.39 is 32.4 Å².